The smallest absolute Gasteiger partial charge is 0.241 e. The van der Waals surface area contributed by atoms with Gasteiger partial charge in [0, 0.05) is 12.6 Å². The monoisotopic (exact) mass is 312 g/mol. The lowest BCUT2D eigenvalue weighted by Crippen LogP contribution is -2.33. The maximum absolute atomic E-state index is 12.5. The molecule has 0 heterocycles. The summed E-state index contributed by atoms with van der Waals surface area (Å²) in [5.41, 5.74) is 8.34. The second-order valence-corrected chi connectivity index (χ2v) is 7.92. The first kappa shape index (κ1) is 18.1. The lowest BCUT2D eigenvalue weighted by atomic mass is 10.1. The zero-order chi connectivity index (χ0) is 16.2. The van der Waals surface area contributed by atoms with Crippen LogP contribution in [0.25, 0.3) is 0 Å². The molecule has 0 aromatic heterocycles. The highest BCUT2D eigenvalue weighted by atomic mass is 32.2. The van der Waals surface area contributed by atoms with Crippen molar-refractivity contribution in [1.29, 1.82) is 0 Å². The molecule has 0 amide bonds. The molecule has 1 atom stereocenters. The fourth-order valence-corrected chi connectivity index (χ4v) is 3.91. The van der Waals surface area contributed by atoms with Crippen LogP contribution >= 0.6 is 0 Å². The third kappa shape index (κ3) is 5.09. The third-order valence-electron chi connectivity index (χ3n) is 3.68. The van der Waals surface area contributed by atoms with Gasteiger partial charge < -0.3 is 5.73 Å². The van der Waals surface area contributed by atoms with Gasteiger partial charge in [-0.05, 0) is 62.3 Å². The topological polar surface area (TPSA) is 72.2 Å². The molecule has 21 heavy (non-hydrogen) atoms. The zero-order valence-electron chi connectivity index (χ0n) is 13.7. The maximum atomic E-state index is 12.5. The van der Waals surface area contributed by atoms with E-state index < -0.39 is 10.0 Å². The van der Waals surface area contributed by atoms with Gasteiger partial charge in [-0.25, -0.2) is 13.1 Å². The number of nitrogens with one attached hydrogen (secondary N) is 1. The van der Waals surface area contributed by atoms with E-state index in [0.717, 1.165) is 29.5 Å². The van der Waals surface area contributed by atoms with Crippen molar-refractivity contribution in [3.05, 3.63) is 28.8 Å². The van der Waals surface area contributed by atoms with Gasteiger partial charge in [0.05, 0.1) is 4.90 Å². The Morgan fingerprint density at radius 3 is 2.24 bits per heavy atom. The van der Waals surface area contributed by atoms with E-state index in [-0.39, 0.29) is 6.04 Å². The van der Waals surface area contributed by atoms with Crippen LogP contribution in [0.5, 0.6) is 0 Å². The number of hydrogen-bond donors (Lipinski definition) is 2. The Morgan fingerprint density at radius 2 is 1.71 bits per heavy atom. The highest BCUT2D eigenvalue weighted by Gasteiger charge is 2.20. The molecule has 1 unspecified atom stereocenters. The van der Waals surface area contributed by atoms with Crippen LogP contribution in [0.2, 0.25) is 0 Å². The molecule has 0 aliphatic heterocycles. The molecule has 0 bridgehead atoms. The summed E-state index contributed by atoms with van der Waals surface area (Å²) in [6.45, 7) is 10.3. The minimum Gasteiger partial charge on any atom is -0.326 e. The van der Waals surface area contributed by atoms with Crippen molar-refractivity contribution in [2.45, 2.75) is 64.9 Å². The normalized spacial score (nSPS) is 13.7. The minimum absolute atomic E-state index is 0.0700. The van der Waals surface area contributed by atoms with Crippen molar-refractivity contribution < 1.29 is 8.42 Å². The van der Waals surface area contributed by atoms with Gasteiger partial charge >= 0.3 is 0 Å². The van der Waals surface area contributed by atoms with E-state index in [1.165, 1.54) is 0 Å². The molecular formula is C16H28N2O2S. The molecule has 1 aromatic carbocycles. The van der Waals surface area contributed by atoms with Gasteiger partial charge in [0.15, 0.2) is 0 Å². The Morgan fingerprint density at radius 1 is 1.10 bits per heavy atom. The molecule has 0 saturated heterocycles. The predicted octanol–water partition coefficient (Wildman–Crippen LogP) is 2.87. The fourth-order valence-electron chi connectivity index (χ4n) is 2.35. The lowest BCUT2D eigenvalue weighted by molar-refractivity contribution is 0.485. The first-order valence-corrected chi connectivity index (χ1v) is 8.98. The molecule has 0 spiro atoms. The van der Waals surface area contributed by atoms with Gasteiger partial charge in [-0.1, -0.05) is 19.9 Å². The van der Waals surface area contributed by atoms with E-state index in [4.69, 9.17) is 5.73 Å². The molecule has 0 aliphatic rings. The Labute approximate surface area is 129 Å². The Hall–Kier alpha value is -0.910. The third-order valence-corrected chi connectivity index (χ3v) is 5.41. The Balaban J connectivity index is 2.97. The van der Waals surface area contributed by atoms with Crippen molar-refractivity contribution in [1.82, 2.24) is 4.72 Å². The van der Waals surface area contributed by atoms with Crippen molar-refractivity contribution in [2.75, 3.05) is 0 Å². The highest BCUT2D eigenvalue weighted by Crippen LogP contribution is 2.21. The number of rotatable bonds is 7. The van der Waals surface area contributed by atoms with E-state index in [9.17, 15) is 8.42 Å². The quantitative estimate of drug-likeness (QED) is 0.813. The molecular weight excluding hydrogens is 284 g/mol. The molecule has 0 fully saturated rings. The highest BCUT2D eigenvalue weighted by molar-refractivity contribution is 7.89. The molecule has 0 radical (unpaired) electrons. The van der Waals surface area contributed by atoms with Gasteiger partial charge in [0.1, 0.15) is 0 Å². The van der Waals surface area contributed by atoms with E-state index in [0.29, 0.717) is 17.4 Å². The average molecular weight is 312 g/mol. The molecule has 4 nitrogen and oxygen atoms in total. The summed E-state index contributed by atoms with van der Waals surface area (Å²) < 4.78 is 27.8. The summed E-state index contributed by atoms with van der Waals surface area (Å²) in [7, 11) is -3.49. The molecule has 1 rings (SSSR count). The SMILES string of the molecule is Cc1cc(C)c(S(=O)(=O)NC(C)CCC(C)C)cc1CN. The molecule has 0 aliphatic carbocycles. The summed E-state index contributed by atoms with van der Waals surface area (Å²) in [6.07, 6.45) is 1.84. The van der Waals surface area contributed by atoms with Gasteiger partial charge in [0.25, 0.3) is 0 Å². The summed E-state index contributed by atoms with van der Waals surface area (Å²) in [5, 5.41) is 0. The van der Waals surface area contributed by atoms with Gasteiger partial charge in [0.2, 0.25) is 10.0 Å². The van der Waals surface area contributed by atoms with Crippen LogP contribution in [0.1, 0.15) is 50.3 Å². The van der Waals surface area contributed by atoms with Gasteiger partial charge in [-0.2, -0.15) is 0 Å². The minimum atomic E-state index is -3.49. The molecule has 0 saturated carbocycles. The molecule has 1 aromatic rings. The molecule has 5 heteroatoms. The summed E-state index contributed by atoms with van der Waals surface area (Å²) in [5.74, 6) is 0.571. The number of nitrogens with two attached hydrogens (primary N) is 1. The van der Waals surface area contributed by atoms with Crippen LogP contribution in [0.3, 0.4) is 0 Å². The number of sulfonamides is 1. The standard InChI is InChI=1S/C16H28N2O2S/c1-11(2)6-7-14(5)18-21(19,20)16-9-15(10-17)12(3)8-13(16)4/h8-9,11,14,18H,6-7,10,17H2,1-5H3. The summed E-state index contributed by atoms with van der Waals surface area (Å²) >= 11 is 0. The van der Waals surface area contributed by atoms with Crippen molar-refractivity contribution >= 4 is 10.0 Å². The van der Waals surface area contributed by atoms with E-state index >= 15 is 0 Å². The molecule has 3 N–H and O–H groups in total. The van der Waals surface area contributed by atoms with Crippen LogP contribution in [-0.4, -0.2) is 14.5 Å². The lowest BCUT2D eigenvalue weighted by Gasteiger charge is -2.17. The van der Waals surface area contributed by atoms with Crippen LogP contribution in [-0.2, 0) is 16.6 Å². The second-order valence-electron chi connectivity index (χ2n) is 6.24. The van der Waals surface area contributed by atoms with Crippen LogP contribution < -0.4 is 10.5 Å². The van der Waals surface area contributed by atoms with Crippen LogP contribution in [0.15, 0.2) is 17.0 Å². The van der Waals surface area contributed by atoms with Crippen molar-refractivity contribution in [3.63, 3.8) is 0 Å². The Bertz CT molecular complexity index is 580. The zero-order valence-corrected chi connectivity index (χ0v) is 14.5. The Kier molecular flexibility index (Phi) is 6.38. The van der Waals surface area contributed by atoms with E-state index in [1.807, 2.05) is 26.8 Å². The first-order chi connectivity index (χ1) is 9.67. The first-order valence-electron chi connectivity index (χ1n) is 7.50. The number of benzene rings is 1. The summed E-state index contributed by atoms with van der Waals surface area (Å²) in [4.78, 5) is 0.338. The number of hydrogen-bond acceptors (Lipinski definition) is 3. The fraction of sp³-hybridized carbons (Fsp3) is 0.625. The predicted molar refractivity (Wildman–Crippen MR) is 87.7 cm³/mol. The van der Waals surface area contributed by atoms with E-state index in [2.05, 4.69) is 18.6 Å². The van der Waals surface area contributed by atoms with Crippen molar-refractivity contribution in [3.8, 4) is 0 Å². The van der Waals surface area contributed by atoms with Crippen molar-refractivity contribution in [2.24, 2.45) is 11.7 Å². The average Bonchev–Trinajstić information content (AvgIpc) is 2.35. The van der Waals surface area contributed by atoms with Crippen LogP contribution in [0, 0.1) is 19.8 Å². The second kappa shape index (κ2) is 7.38. The summed E-state index contributed by atoms with van der Waals surface area (Å²) in [6, 6.07) is 3.51. The largest absolute Gasteiger partial charge is 0.326 e. The van der Waals surface area contributed by atoms with Crippen LogP contribution in [0.4, 0.5) is 0 Å². The van der Waals surface area contributed by atoms with Gasteiger partial charge in [-0.15, -0.1) is 0 Å². The van der Waals surface area contributed by atoms with Gasteiger partial charge in [-0.3, -0.25) is 0 Å². The molecule has 120 valence electrons. The maximum Gasteiger partial charge on any atom is 0.241 e. The number of aryl methyl sites for hydroxylation is 2. The van der Waals surface area contributed by atoms with E-state index in [1.54, 1.807) is 6.07 Å².